The Morgan fingerprint density at radius 1 is 1.32 bits per heavy atom. The minimum absolute atomic E-state index is 0.0569. The van der Waals surface area contributed by atoms with E-state index in [9.17, 15) is 14.7 Å². The zero-order chi connectivity index (χ0) is 17.4. The zero-order valence-corrected chi connectivity index (χ0v) is 13.5. The molecule has 8 nitrogen and oxygen atoms in total. The fourth-order valence-electron chi connectivity index (χ4n) is 2.07. The van der Waals surface area contributed by atoms with Crippen LogP contribution < -0.4 is 0 Å². The SMILES string of the molecule is C=CCC1=NCC[N+]1(CO)CC(=O)O.C[N+](C)(C)CC(=O)O. The highest BCUT2D eigenvalue weighted by Gasteiger charge is 2.38. The van der Waals surface area contributed by atoms with Crippen molar-refractivity contribution in [3.05, 3.63) is 12.7 Å². The number of aliphatic hydroxyl groups is 1. The van der Waals surface area contributed by atoms with E-state index in [-0.39, 0.29) is 24.3 Å². The largest absolute Gasteiger partial charge is 0.477 e. The number of quaternary nitrogens is 2. The summed E-state index contributed by atoms with van der Waals surface area (Å²) < 4.78 is 0.538. The number of carboxylic acid groups (broad SMARTS) is 2. The lowest BCUT2D eigenvalue weighted by molar-refractivity contribution is -0.862. The van der Waals surface area contributed by atoms with Crippen molar-refractivity contribution in [3.63, 3.8) is 0 Å². The summed E-state index contributed by atoms with van der Waals surface area (Å²) in [6.45, 7) is 4.59. The fraction of sp³-hybridized carbons (Fsp3) is 0.643. The van der Waals surface area contributed by atoms with Crippen molar-refractivity contribution in [2.75, 3.05) is 54.1 Å². The quantitative estimate of drug-likeness (QED) is 0.438. The molecule has 1 unspecified atom stereocenters. The lowest BCUT2D eigenvalue weighted by atomic mass is 10.3. The van der Waals surface area contributed by atoms with Crippen molar-refractivity contribution < 1.29 is 33.9 Å². The molecule has 0 aromatic rings. The molecule has 0 saturated carbocycles. The van der Waals surface area contributed by atoms with Crippen molar-refractivity contribution >= 4 is 17.8 Å². The Balaban J connectivity index is 0.000000472. The Bertz CT molecular complexity index is 442. The maximum absolute atomic E-state index is 10.7. The van der Waals surface area contributed by atoms with Gasteiger partial charge in [0.1, 0.15) is 6.54 Å². The minimum Gasteiger partial charge on any atom is -0.477 e. The highest BCUT2D eigenvalue weighted by Crippen LogP contribution is 2.16. The summed E-state index contributed by atoms with van der Waals surface area (Å²) in [6, 6.07) is 0. The van der Waals surface area contributed by atoms with Gasteiger partial charge in [-0.25, -0.2) is 19.1 Å². The van der Waals surface area contributed by atoms with Gasteiger partial charge in [0.15, 0.2) is 19.8 Å². The van der Waals surface area contributed by atoms with Crippen LogP contribution in [0.4, 0.5) is 0 Å². The summed E-state index contributed by atoms with van der Waals surface area (Å²) in [5, 5.41) is 26.2. The van der Waals surface area contributed by atoms with Crippen LogP contribution in [0.15, 0.2) is 17.6 Å². The number of nitrogens with zero attached hydrogens (tertiary/aromatic N) is 3. The molecule has 22 heavy (non-hydrogen) atoms. The molecule has 0 aromatic heterocycles. The molecular formula is C14H27N3O5+2. The first-order valence-corrected chi connectivity index (χ1v) is 6.92. The second kappa shape index (κ2) is 8.62. The molecule has 8 heteroatoms. The Kier molecular flexibility index (Phi) is 7.93. The fourth-order valence-corrected chi connectivity index (χ4v) is 2.07. The van der Waals surface area contributed by atoms with Crippen molar-refractivity contribution in [2.45, 2.75) is 6.42 Å². The van der Waals surface area contributed by atoms with Crippen molar-refractivity contribution in [2.24, 2.45) is 4.99 Å². The summed E-state index contributed by atoms with van der Waals surface area (Å²) in [4.78, 5) is 24.9. The minimum atomic E-state index is -0.919. The van der Waals surface area contributed by atoms with Gasteiger partial charge in [-0.05, 0) is 0 Å². The molecule has 0 bridgehead atoms. The van der Waals surface area contributed by atoms with Gasteiger partial charge in [-0.3, -0.25) is 0 Å². The van der Waals surface area contributed by atoms with E-state index in [4.69, 9.17) is 10.2 Å². The van der Waals surface area contributed by atoms with Crippen LogP contribution in [0.3, 0.4) is 0 Å². The van der Waals surface area contributed by atoms with E-state index >= 15 is 0 Å². The summed E-state index contributed by atoms with van der Waals surface area (Å²) >= 11 is 0. The third-order valence-electron chi connectivity index (χ3n) is 3.02. The van der Waals surface area contributed by atoms with Crippen LogP contribution in [-0.4, -0.2) is 96.1 Å². The van der Waals surface area contributed by atoms with E-state index in [1.54, 1.807) is 6.08 Å². The predicted molar refractivity (Wildman–Crippen MR) is 82.4 cm³/mol. The van der Waals surface area contributed by atoms with Crippen LogP contribution in [0.1, 0.15) is 6.42 Å². The molecule has 1 rings (SSSR count). The van der Waals surface area contributed by atoms with Crippen molar-refractivity contribution in [1.29, 1.82) is 0 Å². The van der Waals surface area contributed by atoms with Crippen LogP contribution in [-0.2, 0) is 9.59 Å². The number of carboxylic acids is 2. The topological polar surface area (TPSA) is 107 Å². The van der Waals surface area contributed by atoms with E-state index in [1.165, 1.54) is 0 Å². The first-order chi connectivity index (χ1) is 10.1. The van der Waals surface area contributed by atoms with Crippen LogP contribution in [0.2, 0.25) is 0 Å². The summed E-state index contributed by atoms with van der Waals surface area (Å²) in [6.07, 6.45) is 2.21. The third-order valence-corrected chi connectivity index (χ3v) is 3.02. The van der Waals surface area contributed by atoms with Gasteiger partial charge >= 0.3 is 11.9 Å². The number of hydrogen-bond donors (Lipinski definition) is 3. The number of amidine groups is 1. The third kappa shape index (κ3) is 7.30. The standard InChI is InChI=1S/C9H14N2O3.C5H11NO2/c1-2-3-8-10-4-5-11(8,7-12)6-9(13)14;1-6(2,3)4-5(7)8/h2,12H,1,3-7H2;4H2,1-3H3/p+2. The number of aliphatic hydroxyl groups excluding tert-OH is 1. The van der Waals surface area contributed by atoms with Crippen molar-refractivity contribution in [3.8, 4) is 0 Å². The van der Waals surface area contributed by atoms with Gasteiger partial charge in [0.2, 0.25) is 5.84 Å². The monoisotopic (exact) mass is 317 g/mol. The number of aliphatic imine (C=N–C) groups is 1. The van der Waals surface area contributed by atoms with Crippen LogP contribution in [0.5, 0.6) is 0 Å². The van der Waals surface area contributed by atoms with E-state index in [0.29, 0.717) is 29.8 Å². The van der Waals surface area contributed by atoms with Gasteiger partial charge in [0, 0.05) is 0 Å². The molecule has 0 aliphatic carbocycles. The highest BCUT2D eigenvalue weighted by atomic mass is 16.4. The molecule has 0 amide bonds. The molecule has 1 aliphatic heterocycles. The first-order valence-electron chi connectivity index (χ1n) is 6.92. The van der Waals surface area contributed by atoms with Crippen LogP contribution in [0, 0.1) is 0 Å². The highest BCUT2D eigenvalue weighted by molar-refractivity contribution is 5.81. The summed E-state index contributed by atoms with van der Waals surface area (Å²) in [5.74, 6) is -0.958. The van der Waals surface area contributed by atoms with Crippen LogP contribution in [0.25, 0.3) is 0 Å². The Morgan fingerprint density at radius 3 is 2.23 bits per heavy atom. The smallest absolute Gasteiger partial charge is 0.359 e. The van der Waals surface area contributed by atoms with Crippen molar-refractivity contribution in [1.82, 2.24) is 0 Å². The Morgan fingerprint density at radius 2 is 1.91 bits per heavy atom. The van der Waals surface area contributed by atoms with Gasteiger partial charge < -0.3 is 19.8 Å². The summed E-state index contributed by atoms with van der Waals surface area (Å²) in [7, 11) is 5.52. The zero-order valence-electron chi connectivity index (χ0n) is 13.5. The number of rotatable bonds is 7. The average Bonchev–Trinajstić information content (AvgIpc) is 2.70. The molecule has 0 fully saturated rings. The molecule has 1 atom stereocenters. The molecule has 0 radical (unpaired) electrons. The molecule has 0 aromatic carbocycles. The van der Waals surface area contributed by atoms with Gasteiger partial charge in [-0.1, -0.05) is 6.08 Å². The normalized spacial score (nSPS) is 20.6. The molecule has 1 aliphatic rings. The molecule has 126 valence electrons. The molecular weight excluding hydrogens is 290 g/mol. The molecule has 3 N–H and O–H groups in total. The van der Waals surface area contributed by atoms with Gasteiger partial charge in [0.25, 0.3) is 0 Å². The van der Waals surface area contributed by atoms with E-state index in [2.05, 4.69) is 11.6 Å². The first kappa shape index (κ1) is 20.2. The van der Waals surface area contributed by atoms with Gasteiger partial charge in [-0.2, -0.15) is 0 Å². The maximum atomic E-state index is 10.7. The van der Waals surface area contributed by atoms with Gasteiger partial charge in [0.05, 0.1) is 34.1 Å². The van der Waals surface area contributed by atoms with E-state index < -0.39 is 11.9 Å². The number of aliphatic carboxylic acids is 2. The average molecular weight is 317 g/mol. The molecule has 0 spiro atoms. The number of hydrogen-bond acceptors (Lipinski definition) is 4. The summed E-state index contributed by atoms with van der Waals surface area (Å²) in [5.41, 5.74) is 0. The van der Waals surface area contributed by atoms with E-state index in [0.717, 1.165) is 0 Å². The number of likely N-dealkylation sites (N-methyl/N-ethyl adjacent to an activating group) is 1. The van der Waals surface area contributed by atoms with Gasteiger partial charge in [-0.15, -0.1) is 6.58 Å². The second-order valence-corrected chi connectivity index (χ2v) is 6.19. The number of carbonyl (C=O) groups is 2. The lowest BCUT2D eigenvalue weighted by Crippen LogP contribution is -2.54. The lowest BCUT2D eigenvalue weighted by Gasteiger charge is -2.30. The molecule has 1 heterocycles. The van der Waals surface area contributed by atoms with E-state index in [1.807, 2.05) is 21.1 Å². The van der Waals surface area contributed by atoms with Crippen LogP contribution >= 0.6 is 0 Å². The Labute approximate surface area is 130 Å². The Hall–Kier alpha value is -1.77. The maximum Gasteiger partial charge on any atom is 0.359 e. The second-order valence-electron chi connectivity index (χ2n) is 6.19. The predicted octanol–water partition coefficient (Wildman–Crippen LogP) is -0.397. The molecule has 0 saturated heterocycles.